The van der Waals surface area contributed by atoms with Gasteiger partial charge < -0.3 is 9.42 Å². The third kappa shape index (κ3) is 4.42. The summed E-state index contributed by atoms with van der Waals surface area (Å²) in [6.07, 6.45) is -3.72. The van der Waals surface area contributed by atoms with Crippen molar-refractivity contribution in [3.8, 4) is 11.3 Å². The van der Waals surface area contributed by atoms with Gasteiger partial charge >= 0.3 is 6.18 Å². The van der Waals surface area contributed by atoms with Crippen LogP contribution in [-0.4, -0.2) is 59.8 Å². The van der Waals surface area contributed by atoms with Gasteiger partial charge in [-0.15, -0.1) is 0 Å². The molecule has 1 saturated heterocycles. The minimum absolute atomic E-state index is 0.194. The Kier molecular flexibility index (Phi) is 5.27. The van der Waals surface area contributed by atoms with E-state index in [9.17, 15) is 18.0 Å². The van der Waals surface area contributed by atoms with Gasteiger partial charge in [-0.25, -0.2) is 0 Å². The first-order chi connectivity index (χ1) is 13.9. The molecule has 0 atom stereocenters. The molecule has 29 heavy (non-hydrogen) atoms. The Labute approximate surface area is 165 Å². The number of halogens is 3. The molecule has 1 aliphatic rings. The van der Waals surface area contributed by atoms with Crippen molar-refractivity contribution < 1.29 is 22.5 Å². The summed E-state index contributed by atoms with van der Waals surface area (Å²) in [7, 11) is 0. The maximum atomic E-state index is 13.0. The molecular weight excluding hydrogens is 383 g/mol. The van der Waals surface area contributed by atoms with E-state index in [1.54, 1.807) is 23.1 Å². The van der Waals surface area contributed by atoms with Gasteiger partial charge in [0.2, 0.25) is 0 Å². The van der Waals surface area contributed by atoms with Gasteiger partial charge in [-0.1, -0.05) is 35.5 Å². The molecule has 1 aromatic heterocycles. The minimum atomic E-state index is -4.23. The lowest BCUT2D eigenvalue weighted by atomic mass is 10.1. The molecule has 0 radical (unpaired) electrons. The monoisotopic (exact) mass is 403 g/mol. The number of carbonyl (C=O) groups is 1. The summed E-state index contributed by atoms with van der Waals surface area (Å²) in [5.41, 5.74) is 1.98. The van der Waals surface area contributed by atoms with Gasteiger partial charge in [0.25, 0.3) is 5.91 Å². The van der Waals surface area contributed by atoms with Gasteiger partial charge in [-0.2, -0.15) is 13.2 Å². The summed E-state index contributed by atoms with van der Waals surface area (Å²) in [4.78, 5) is 16.0. The minimum Gasteiger partial charge on any atom is -0.355 e. The third-order valence-electron chi connectivity index (χ3n) is 5.04. The van der Waals surface area contributed by atoms with Crippen molar-refractivity contribution in [1.82, 2.24) is 15.0 Å². The highest BCUT2D eigenvalue weighted by atomic mass is 19.4. The molecule has 8 heteroatoms. The van der Waals surface area contributed by atoms with Crippen molar-refractivity contribution in [2.24, 2.45) is 0 Å². The Morgan fingerprint density at radius 2 is 1.83 bits per heavy atom. The number of nitrogens with zero attached hydrogens (tertiary/aromatic N) is 3. The van der Waals surface area contributed by atoms with E-state index < -0.39 is 12.7 Å². The molecule has 0 spiro atoms. The number of rotatable bonds is 3. The molecule has 1 fully saturated rings. The quantitative estimate of drug-likeness (QED) is 0.658. The second-order valence-corrected chi connectivity index (χ2v) is 7.15. The van der Waals surface area contributed by atoms with Gasteiger partial charge in [0.05, 0.1) is 11.9 Å². The molecule has 0 N–H and O–H groups in total. The molecule has 0 aliphatic carbocycles. The summed E-state index contributed by atoms with van der Waals surface area (Å²) in [6.45, 7) is 0.285. The lowest BCUT2D eigenvalue weighted by Gasteiger charge is -2.22. The van der Waals surface area contributed by atoms with Crippen molar-refractivity contribution in [3.63, 3.8) is 0 Å². The lowest BCUT2D eigenvalue weighted by Crippen LogP contribution is -2.38. The van der Waals surface area contributed by atoms with Crippen molar-refractivity contribution in [1.29, 1.82) is 0 Å². The van der Waals surface area contributed by atoms with Crippen molar-refractivity contribution in [2.45, 2.75) is 12.6 Å². The van der Waals surface area contributed by atoms with E-state index >= 15 is 0 Å². The van der Waals surface area contributed by atoms with Crippen LogP contribution in [0.25, 0.3) is 22.2 Å². The van der Waals surface area contributed by atoms with E-state index in [0.717, 1.165) is 10.9 Å². The van der Waals surface area contributed by atoms with Crippen LogP contribution in [0.4, 0.5) is 13.2 Å². The van der Waals surface area contributed by atoms with Crippen LogP contribution in [0.1, 0.15) is 16.8 Å². The van der Waals surface area contributed by atoms with Crippen LogP contribution < -0.4 is 0 Å². The molecule has 5 nitrogen and oxygen atoms in total. The highest BCUT2D eigenvalue weighted by Crippen LogP contribution is 2.29. The van der Waals surface area contributed by atoms with Gasteiger partial charge in [-0.05, 0) is 24.6 Å². The van der Waals surface area contributed by atoms with E-state index in [1.807, 2.05) is 30.3 Å². The maximum Gasteiger partial charge on any atom is 0.401 e. The largest absolute Gasteiger partial charge is 0.401 e. The van der Waals surface area contributed by atoms with Gasteiger partial charge in [0.1, 0.15) is 5.52 Å². The zero-order valence-electron chi connectivity index (χ0n) is 15.7. The molecule has 0 bridgehead atoms. The number of benzene rings is 2. The summed E-state index contributed by atoms with van der Waals surface area (Å²) in [6, 6.07) is 14.6. The first kappa shape index (κ1) is 19.4. The van der Waals surface area contributed by atoms with Crippen LogP contribution in [0.5, 0.6) is 0 Å². The second kappa shape index (κ2) is 7.87. The molecule has 1 aliphatic heterocycles. The summed E-state index contributed by atoms with van der Waals surface area (Å²) < 4.78 is 43.4. The number of alkyl halides is 3. The van der Waals surface area contributed by atoms with Crippen LogP contribution in [0, 0.1) is 0 Å². The van der Waals surface area contributed by atoms with Crippen LogP contribution in [0.3, 0.4) is 0 Å². The van der Waals surface area contributed by atoms with Crippen LogP contribution in [-0.2, 0) is 0 Å². The molecule has 2 heterocycles. The van der Waals surface area contributed by atoms with E-state index in [1.165, 1.54) is 4.90 Å². The zero-order chi connectivity index (χ0) is 20.4. The molecule has 3 aromatic rings. The van der Waals surface area contributed by atoms with E-state index in [4.69, 9.17) is 4.52 Å². The zero-order valence-corrected chi connectivity index (χ0v) is 15.7. The normalized spacial score (nSPS) is 16.2. The van der Waals surface area contributed by atoms with Gasteiger partial charge in [0.15, 0.2) is 5.76 Å². The molecule has 4 rings (SSSR count). The fourth-order valence-electron chi connectivity index (χ4n) is 3.64. The summed E-state index contributed by atoms with van der Waals surface area (Å²) in [5, 5.41) is 4.79. The standard InChI is InChI=1S/C21H20F3N3O2/c22-21(23,24)14-26-9-4-10-27(12-11-26)20(28)16-7-8-18-17(13-16)19(29-25-18)15-5-2-1-3-6-15/h1-3,5-8,13H,4,9-12,14H2. The number of carbonyl (C=O) groups excluding carboxylic acids is 1. The number of fused-ring (bicyclic) bond motifs is 1. The molecule has 2 aromatic carbocycles. The van der Waals surface area contributed by atoms with Crippen molar-refractivity contribution >= 4 is 16.8 Å². The SMILES string of the molecule is O=C(c1ccc2noc(-c3ccccc3)c2c1)N1CCCN(CC(F)(F)F)CC1. The Balaban J connectivity index is 1.54. The second-order valence-electron chi connectivity index (χ2n) is 7.15. The Morgan fingerprint density at radius 3 is 2.59 bits per heavy atom. The predicted molar refractivity (Wildman–Crippen MR) is 102 cm³/mol. The van der Waals surface area contributed by atoms with Crippen molar-refractivity contribution in [3.05, 3.63) is 54.1 Å². The van der Waals surface area contributed by atoms with Crippen molar-refractivity contribution in [2.75, 3.05) is 32.7 Å². The average Bonchev–Trinajstić information content (AvgIpc) is 2.99. The van der Waals surface area contributed by atoms with Crippen LogP contribution in [0.15, 0.2) is 53.1 Å². The van der Waals surface area contributed by atoms with Crippen LogP contribution >= 0.6 is 0 Å². The number of amides is 1. The Morgan fingerprint density at radius 1 is 1.03 bits per heavy atom. The molecule has 152 valence electrons. The highest BCUT2D eigenvalue weighted by Gasteiger charge is 2.32. The summed E-state index contributed by atoms with van der Waals surface area (Å²) in [5.74, 6) is 0.392. The topological polar surface area (TPSA) is 49.6 Å². The van der Waals surface area contributed by atoms with E-state index in [-0.39, 0.29) is 19.0 Å². The van der Waals surface area contributed by atoms with Crippen LogP contribution in [0.2, 0.25) is 0 Å². The molecule has 1 amide bonds. The smallest absolute Gasteiger partial charge is 0.355 e. The average molecular weight is 403 g/mol. The molecule has 0 unspecified atom stereocenters. The Hall–Kier alpha value is -2.87. The fraction of sp³-hybridized carbons (Fsp3) is 0.333. The fourth-order valence-corrected chi connectivity index (χ4v) is 3.64. The van der Waals surface area contributed by atoms with Gasteiger partial charge in [-0.3, -0.25) is 9.69 Å². The lowest BCUT2D eigenvalue weighted by molar-refractivity contribution is -0.145. The first-order valence-electron chi connectivity index (χ1n) is 9.44. The highest BCUT2D eigenvalue weighted by molar-refractivity contribution is 6.01. The van der Waals surface area contributed by atoms with E-state index in [0.29, 0.717) is 36.4 Å². The first-order valence-corrected chi connectivity index (χ1v) is 9.44. The van der Waals surface area contributed by atoms with E-state index in [2.05, 4.69) is 5.16 Å². The third-order valence-corrected chi connectivity index (χ3v) is 5.04. The summed E-state index contributed by atoms with van der Waals surface area (Å²) >= 11 is 0. The van der Waals surface area contributed by atoms with Gasteiger partial charge in [0, 0.05) is 37.3 Å². The maximum absolute atomic E-state index is 13.0. The number of hydrogen-bond acceptors (Lipinski definition) is 4. The number of hydrogen-bond donors (Lipinski definition) is 0. The molecule has 0 saturated carbocycles. The number of aromatic nitrogens is 1. The molecular formula is C21H20F3N3O2. The predicted octanol–water partition coefficient (Wildman–Crippen LogP) is 4.21. The Bertz CT molecular complexity index is 1000.